The molecule has 0 heterocycles. The van der Waals surface area contributed by atoms with Gasteiger partial charge in [-0.1, -0.05) is 52.9 Å². The summed E-state index contributed by atoms with van der Waals surface area (Å²) in [5.41, 5.74) is 0. The average molecular weight is 244 g/mol. The van der Waals surface area contributed by atoms with Gasteiger partial charge in [0.1, 0.15) is 6.10 Å². The second kappa shape index (κ2) is 10.4. The van der Waals surface area contributed by atoms with Gasteiger partial charge in [0.2, 0.25) is 0 Å². The largest absolute Gasteiger partial charge is 0.508 e. The van der Waals surface area contributed by atoms with E-state index in [1.54, 1.807) is 0 Å². The molecule has 0 aromatic carbocycles. The van der Waals surface area contributed by atoms with Gasteiger partial charge in [-0.3, -0.25) is 0 Å². The molecule has 102 valence electrons. The molecule has 0 rings (SSSR count). The van der Waals surface area contributed by atoms with E-state index < -0.39 is 6.16 Å². The van der Waals surface area contributed by atoms with Crippen molar-refractivity contribution in [2.24, 2.45) is 5.92 Å². The van der Waals surface area contributed by atoms with E-state index in [1.165, 1.54) is 25.7 Å². The molecule has 1 unspecified atom stereocenters. The lowest BCUT2D eigenvalue weighted by atomic mass is 10.1. The van der Waals surface area contributed by atoms with E-state index in [1.807, 2.05) is 20.8 Å². The van der Waals surface area contributed by atoms with Crippen LogP contribution >= 0.6 is 0 Å². The van der Waals surface area contributed by atoms with Crippen molar-refractivity contribution in [3.63, 3.8) is 0 Å². The van der Waals surface area contributed by atoms with E-state index in [9.17, 15) is 4.79 Å². The Morgan fingerprint density at radius 2 is 1.59 bits per heavy atom. The third-order valence-corrected chi connectivity index (χ3v) is 2.94. The maximum atomic E-state index is 11.2. The molecule has 0 spiro atoms. The van der Waals surface area contributed by atoms with Crippen molar-refractivity contribution >= 4 is 6.16 Å². The van der Waals surface area contributed by atoms with E-state index in [4.69, 9.17) is 9.47 Å². The van der Waals surface area contributed by atoms with Gasteiger partial charge < -0.3 is 9.47 Å². The molecule has 0 N–H and O–H groups in total. The molecule has 0 aromatic rings. The lowest BCUT2D eigenvalue weighted by molar-refractivity contribution is 0.0140. The van der Waals surface area contributed by atoms with E-state index in [2.05, 4.69) is 6.92 Å². The Morgan fingerprint density at radius 3 is 2.18 bits per heavy atom. The fourth-order valence-electron chi connectivity index (χ4n) is 1.36. The summed E-state index contributed by atoms with van der Waals surface area (Å²) in [7, 11) is 0. The van der Waals surface area contributed by atoms with E-state index in [0.29, 0.717) is 12.5 Å². The van der Waals surface area contributed by atoms with Crippen LogP contribution in [0, 0.1) is 5.92 Å². The fraction of sp³-hybridized carbons (Fsp3) is 0.929. The first kappa shape index (κ1) is 16.3. The van der Waals surface area contributed by atoms with Crippen LogP contribution in [0.3, 0.4) is 0 Å². The Kier molecular flexibility index (Phi) is 9.98. The van der Waals surface area contributed by atoms with Gasteiger partial charge in [-0.15, -0.1) is 0 Å². The highest BCUT2D eigenvalue weighted by Crippen LogP contribution is 2.08. The van der Waals surface area contributed by atoms with Crippen LogP contribution < -0.4 is 0 Å². The van der Waals surface area contributed by atoms with Gasteiger partial charge in [-0.2, -0.15) is 0 Å². The predicted octanol–water partition coefficient (Wildman–Crippen LogP) is 4.54. The highest BCUT2D eigenvalue weighted by molar-refractivity contribution is 5.60. The summed E-state index contributed by atoms with van der Waals surface area (Å²) >= 11 is 0. The van der Waals surface area contributed by atoms with Gasteiger partial charge in [0.25, 0.3) is 0 Å². The highest BCUT2D eigenvalue weighted by atomic mass is 16.7. The van der Waals surface area contributed by atoms with Crippen molar-refractivity contribution in [1.29, 1.82) is 0 Å². The Balaban J connectivity index is 3.33. The van der Waals surface area contributed by atoms with Crippen LogP contribution in [0.5, 0.6) is 0 Å². The maximum Gasteiger partial charge on any atom is 0.508 e. The molecular weight excluding hydrogens is 216 g/mol. The topological polar surface area (TPSA) is 35.5 Å². The molecule has 0 aliphatic rings. The predicted molar refractivity (Wildman–Crippen MR) is 70.1 cm³/mol. The van der Waals surface area contributed by atoms with Crippen molar-refractivity contribution in [3.8, 4) is 0 Å². The first-order valence-electron chi connectivity index (χ1n) is 6.91. The van der Waals surface area contributed by atoms with Crippen molar-refractivity contribution in [2.75, 3.05) is 6.61 Å². The SMILES string of the molecule is CCCCCCCCOC(=O)OC(C)C(C)C. The molecular formula is C14H28O3. The first-order valence-corrected chi connectivity index (χ1v) is 6.91. The Labute approximate surface area is 106 Å². The van der Waals surface area contributed by atoms with Gasteiger partial charge in [-0.05, 0) is 19.3 Å². The quantitative estimate of drug-likeness (QED) is 0.441. The third kappa shape index (κ3) is 10.2. The minimum Gasteiger partial charge on any atom is -0.434 e. The molecule has 0 fully saturated rings. The second-order valence-electron chi connectivity index (χ2n) is 4.93. The summed E-state index contributed by atoms with van der Waals surface area (Å²) in [6.07, 6.45) is 6.54. The average Bonchev–Trinajstić information content (AvgIpc) is 2.27. The van der Waals surface area contributed by atoms with E-state index in [0.717, 1.165) is 12.8 Å². The van der Waals surface area contributed by atoms with Crippen LogP contribution in [-0.4, -0.2) is 18.9 Å². The molecule has 1 atom stereocenters. The summed E-state index contributed by atoms with van der Waals surface area (Å²) in [6, 6.07) is 0. The van der Waals surface area contributed by atoms with Crippen LogP contribution in [-0.2, 0) is 9.47 Å². The minimum atomic E-state index is -0.528. The summed E-state index contributed by atoms with van der Waals surface area (Å²) < 4.78 is 10.1. The highest BCUT2D eigenvalue weighted by Gasteiger charge is 2.13. The standard InChI is InChI=1S/C14H28O3/c1-5-6-7-8-9-10-11-16-14(15)17-13(4)12(2)3/h12-13H,5-11H2,1-4H3. The minimum absolute atomic E-state index is 0.0768. The monoisotopic (exact) mass is 244 g/mol. The molecule has 0 aromatic heterocycles. The van der Waals surface area contributed by atoms with Crippen molar-refractivity contribution in [1.82, 2.24) is 0 Å². The number of carbonyl (C=O) groups is 1. The first-order chi connectivity index (χ1) is 8.07. The zero-order chi connectivity index (χ0) is 13.1. The Bertz CT molecular complexity index is 190. The number of unbranched alkanes of at least 4 members (excludes halogenated alkanes) is 5. The van der Waals surface area contributed by atoms with Crippen LogP contribution in [0.1, 0.15) is 66.2 Å². The lowest BCUT2D eigenvalue weighted by Gasteiger charge is -2.16. The number of hydrogen-bond acceptors (Lipinski definition) is 3. The molecule has 0 aliphatic carbocycles. The van der Waals surface area contributed by atoms with Crippen LogP contribution in [0.15, 0.2) is 0 Å². The molecule has 3 heteroatoms. The smallest absolute Gasteiger partial charge is 0.434 e. The van der Waals surface area contributed by atoms with Gasteiger partial charge >= 0.3 is 6.16 Å². The fourth-order valence-corrected chi connectivity index (χ4v) is 1.36. The van der Waals surface area contributed by atoms with Gasteiger partial charge in [0, 0.05) is 0 Å². The molecule has 17 heavy (non-hydrogen) atoms. The number of ether oxygens (including phenoxy) is 2. The maximum absolute atomic E-state index is 11.2. The van der Waals surface area contributed by atoms with Crippen molar-refractivity contribution < 1.29 is 14.3 Å². The molecule has 0 bridgehead atoms. The number of rotatable bonds is 9. The molecule has 0 aliphatic heterocycles. The van der Waals surface area contributed by atoms with Gasteiger partial charge in [-0.25, -0.2) is 4.79 Å². The Hall–Kier alpha value is -0.730. The molecule has 0 amide bonds. The van der Waals surface area contributed by atoms with E-state index >= 15 is 0 Å². The zero-order valence-electron chi connectivity index (χ0n) is 11.8. The number of hydrogen-bond donors (Lipinski definition) is 0. The Morgan fingerprint density at radius 1 is 1.00 bits per heavy atom. The zero-order valence-corrected chi connectivity index (χ0v) is 11.8. The number of carbonyl (C=O) groups excluding carboxylic acids is 1. The van der Waals surface area contributed by atoms with Gasteiger partial charge in [0.05, 0.1) is 6.61 Å². The molecule has 0 saturated heterocycles. The van der Waals surface area contributed by atoms with Gasteiger partial charge in [0.15, 0.2) is 0 Å². The summed E-state index contributed by atoms with van der Waals surface area (Å²) in [4.78, 5) is 11.2. The summed E-state index contributed by atoms with van der Waals surface area (Å²) in [6.45, 7) is 8.61. The van der Waals surface area contributed by atoms with E-state index in [-0.39, 0.29) is 6.10 Å². The third-order valence-electron chi connectivity index (χ3n) is 2.94. The van der Waals surface area contributed by atoms with Crippen LogP contribution in [0.2, 0.25) is 0 Å². The molecule has 0 radical (unpaired) electrons. The molecule has 3 nitrogen and oxygen atoms in total. The van der Waals surface area contributed by atoms with Crippen molar-refractivity contribution in [3.05, 3.63) is 0 Å². The summed E-state index contributed by atoms with van der Waals surface area (Å²) in [5, 5.41) is 0. The second-order valence-corrected chi connectivity index (χ2v) is 4.93. The van der Waals surface area contributed by atoms with Crippen molar-refractivity contribution in [2.45, 2.75) is 72.3 Å². The molecule has 0 saturated carbocycles. The van der Waals surface area contributed by atoms with Crippen LogP contribution in [0.25, 0.3) is 0 Å². The summed E-state index contributed by atoms with van der Waals surface area (Å²) in [5.74, 6) is 0.330. The van der Waals surface area contributed by atoms with Crippen LogP contribution in [0.4, 0.5) is 4.79 Å². The normalized spacial score (nSPS) is 12.5. The lowest BCUT2D eigenvalue weighted by Crippen LogP contribution is -2.21.